The number of hydrogen-bond acceptors (Lipinski definition) is 3. The number of amides is 1. The molecule has 0 unspecified atom stereocenters. The summed E-state index contributed by atoms with van der Waals surface area (Å²) in [6.07, 6.45) is 2.32. The number of hydrogen-bond donors (Lipinski definition) is 0. The van der Waals surface area contributed by atoms with Crippen LogP contribution in [0.3, 0.4) is 0 Å². The van der Waals surface area contributed by atoms with E-state index in [9.17, 15) is 9.59 Å². The lowest BCUT2D eigenvalue weighted by molar-refractivity contribution is -0.119. The second-order valence-electron chi connectivity index (χ2n) is 6.07. The van der Waals surface area contributed by atoms with Crippen LogP contribution in [0.25, 0.3) is 10.9 Å². The largest absolute Gasteiger partial charge is 0.310 e. The number of fused-ring (bicyclic) bond motifs is 2. The van der Waals surface area contributed by atoms with E-state index in [-0.39, 0.29) is 18.0 Å². The molecule has 2 heterocycles. The summed E-state index contributed by atoms with van der Waals surface area (Å²) in [5, 5.41) is 0.548. The Balaban J connectivity index is 1.67. The van der Waals surface area contributed by atoms with E-state index in [1.165, 1.54) is 16.5 Å². The molecule has 0 atom stereocenters. The lowest BCUT2D eigenvalue weighted by Gasteiger charge is -2.18. The summed E-state index contributed by atoms with van der Waals surface area (Å²) in [6.45, 7) is 2.59. The third-order valence-electron chi connectivity index (χ3n) is 4.55. The van der Waals surface area contributed by atoms with E-state index >= 15 is 0 Å². The Hall–Kier alpha value is -2.95. The van der Waals surface area contributed by atoms with Gasteiger partial charge in [0.15, 0.2) is 0 Å². The van der Waals surface area contributed by atoms with Crippen molar-refractivity contribution in [3.63, 3.8) is 0 Å². The van der Waals surface area contributed by atoms with Crippen molar-refractivity contribution in [2.45, 2.75) is 19.9 Å². The summed E-state index contributed by atoms with van der Waals surface area (Å²) in [5.74, 6) is -0.0872. The van der Waals surface area contributed by atoms with Crippen LogP contribution in [0.4, 0.5) is 5.69 Å². The number of aryl methyl sites for hydroxylation is 1. The van der Waals surface area contributed by atoms with Crippen molar-refractivity contribution in [3.8, 4) is 0 Å². The monoisotopic (exact) mass is 319 g/mol. The van der Waals surface area contributed by atoms with Gasteiger partial charge in [0, 0.05) is 12.2 Å². The maximum Gasteiger partial charge on any atom is 0.261 e. The van der Waals surface area contributed by atoms with Crippen LogP contribution < -0.4 is 10.5 Å². The average molecular weight is 319 g/mol. The Morgan fingerprint density at radius 1 is 1.17 bits per heavy atom. The molecule has 1 aliphatic heterocycles. The van der Waals surface area contributed by atoms with Crippen molar-refractivity contribution in [1.82, 2.24) is 9.55 Å². The first-order chi connectivity index (χ1) is 11.6. The fourth-order valence-electron chi connectivity index (χ4n) is 3.28. The Kier molecular flexibility index (Phi) is 3.41. The van der Waals surface area contributed by atoms with Gasteiger partial charge in [-0.3, -0.25) is 14.2 Å². The lowest BCUT2D eigenvalue weighted by Crippen LogP contribution is -2.35. The molecule has 1 aromatic heterocycles. The van der Waals surface area contributed by atoms with Gasteiger partial charge in [-0.2, -0.15) is 0 Å². The number of carbonyl (C=O) groups excluding carboxylic acids is 1. The van der Waals surface area contributed by atoms with Crippen LogP contribution in [0.1, 0.15) is 11.1 Å². The molecule has 0 bridgehead atoms. The molecule has 0 spiro atoms. The highest BCUT2D eigenvalue weighted by molar-refractivity contribution is 5.95. The van der Waals surface area contributed by atoms with E-state index in [0.29, 0.717) is 17.4 Å². The molecule has 0 radical (unpaired) electrons. The summed E-state index contributed by atoms with van der Waals surface area (Å²) in [6, 6.07) is 13.4. The molecule has 24 heavy (non-hydrogen) atoms. The van der Waals surface area contributed by atoms with Crippen LogP contribution in [0, 0.1) is 6.92 Å². The third kappa shape index (κ3) is 2.29. The summed E-state index contributed by atoms with van der Waals surface area (Å²) >= 11 is 0. The zero-order chi connectivity index (χ0) is 16.7. The maximum atomic E-state index is 12.7. The molecule has 0 saturated carbocycles. The fourth-order valence-corrected chi connectivity index (χ4v) is 3.28. The Bertz CT molecular complexity index is 1010. The molecule has 5 heteroatoms. The molecule has 1 aliphatic rings. The normalized spacial score (nSPS) is 13.3. The molecule has 1 amide bonds. The molecule has 0 fully saturated rings. The van der Waals surface area contributed by atoms with Crippen molar-refractivity contribution >= 4 is 22.5 Å². The molecule has 0 aliphatic carbocycles. The second kappa shape index (κ2) is 5.60. The van der Waals surface area contributed by atoms with E-state index in [0.717, 1.165) is 17.7 Å². The standard InChI is InChI=1S/C19H17N3O2/c1-13-5-4-7-15-18(13)20-12-21(19(15)24)11-17(23)22-10-9-14-6-2-3-8-16(14)22/h2-8,12H,9-11H2,1H3. The number of aromatic nitrogens is 2. The van der Waals surface area contributed by atoms with Gasteiger partial charge in [0.25, 0.3) is 5.56 Å². The van der Waals surface area contributed by atoms with Gasteiger partial charge in [-0.25, -0.2) is 4.98 Å². The highest BCUT2D eigenvalue weighted by atomic mass is 16.2. The van der Waals surface area contributed by atoms with Gasteiger partial charge >= 0.3 is 0 Å². The summed E-state index contributed by atoms with van der Waals surface area (Å²) in [5.41, 5.74) is 3.59. The van der Waals surface area contributed by atoms with Gasteiger partial charge in [-0.05, 0) is 36.6 Å². The van der Waals surface area contributed by atoms with Gasteiger partial charge in [-0.1, -0.05) is 30.3 Å². The second-order valence-corrected chi connectivity index (χ2v) is 6.07. The maximum absolute atomic E-state index is 12.7. The summed E-state index contributed by atoms with van der Waals surface area (Å²) < 4.78 is 1.39. The fraction of sp³-hybridized carbons (Fsp3) is 0.211. The predicted molar refractivity (Wildman–Crippen MR) is 93.2 cm³/mol. The molecule has 2 aromatic carbocycles. The average Bonchev–Trinajstić information content (AvgIpc) is 3.02. The van der Waals surface area contributed by atoms with E-state index < -0.39 is 0 Å². The Morgan fingerprint density at radius 3 is 2.88 bits per heavy atom. The minimum Gasteiger partial charge on any atom is -0.310 e. The summed E-state index contributed by atoms with van der Waals surface area (Å²) in [7, 11) is 0. The van der Waals surface area contributed by atoms with Crippen LogP contribution in [0.2, 0.25) is 0 Å². The molecule has 4 rings (SSSR count). The topological polar surface area (TPSA) is 55.2 Å². The van der Waals surface area contributed by atoms with Gasteiger partial charge in [0.1, 0.15) is 6.54 Å². The number of para-hydroxylation sites is 2. The SMILES string of the molecule is Cc1cccc2c(=O)n(CC(=O)N3CCc4ccccc43)cnc12. The van der Waals surface area contributed by atoms with Gasteiger partial charge in [0.2, 0.25) is 5.91 Å². The van der Waals surface area contributed by atoms with Crippen molar-refractivity contribution < 1.29 is 4.79 Å². The number of carbonyl (C=O) groups is 1. The molecule has 3 aromatic rings. The smallest absolute Gasteiger partial charge is 0.261 e. The van der Waals surface area contributed by atoms with Crippen molar-refractivity contribution in [2.24, 2.45) is 0 Å². The van der Waals surface area contributed by atoms with Crippen molar-refractivity contribution in [2.75, 3.05) is 11.4 Å². The first-order valence-corrected chi connectivity index (χ1v) is 7.98. The highest BCUT2D eigenvalue weighted by Gasteiger charge is 2.24. The van der Waals surface area contributed by atoms with Gasteiger partial charge in [-0.15, -0.1) is 0 Å². The quantitative estimate of drug-likeness (QED) is 0.728. The van der Waals surface area contributed by atoms with E-state index in [1.807, 2.05) is 43.3 Å². The predicted octanol–water partition coefficient (Wildman–Crippen LogP) is 2.29. The Labute approximate surface area is 139 Å². The summed E-state index contributed by atoms with van der Waals surface area (Å²) in [4.78, 5) is 31.4. The first-order valence-electron chi connectivity index (χ1n) is 7.98. The third-order valence-corrected chi connectivity index (χ3v) is 4.55. The molecular formula is C19H17N3O2. The van der Waals surface area contributed by atoms with E-state index in [1.54, 1.807) is 11.0 Å². The molecule has 0 N–H and O–H groups in total. The van der Waals surface area contributed by atoms with Crippen LogP contribution in [-0.2, 0) is 17.8 Å². The first kappa shape index (κ1) is 14.6. The number of rotatable bonds is 2. The Morgan fingerprint density at radius 2 is 2.00 bits per heavy atom. The minimum absolute atomic E-state index is 0.00402. The number of nitrogens with zero attached hydrogens (tertiary/aromatic N) is 3. The number of anilines is 1. The molecule has 120 valence electrons. The van der Waals surface area contributed by atoms with Crippen LogP contribution >= 0.6 is 0 Å². The molecular weight excluding hydrogens is 302 g/mol. The molecule has 0 saturated heterocycles. The van der Waals surface area contributed by atoms with Crippen LogP contribution in [0.15, 0.2) is 53.6 Å². The zero-order valence-corrected chi connectivity index (χ0v) is 13.4. The number of benzene rings is 2. The van der Waals surface area contributed by atoms with E-state index in [4.69, 9.17) is 0 Å². The highest BCUT2D eigenvalue weighted by Crippen LogP contribution is 2.27. The van der Waals surface area contributed by atoms with Crippen molar-refractivity contribution in [1.29, 1.82) is 0 Å². The lowest BCUT2D eigenvalue weighted by atomic mass is 10.1. The van der Waals surface area contributed by atoms with Crippen molar-refractivity contribution in [3.05, 3.63) is 70.3 Å². The zero-order valence-electron chi connectivity index (χ0n) is 13.4. The van der Waals surface area contributed by atoms with Gasteiger partial charge in [0.05, 0.1) is 17.2 Å². The minimum atomic E-state index is -0.176. The van der Waals surface area contributed by atoms with Crippen LogP contribution in [0.5, 0.6) is 0 Å². The van der Waals surface area contributed by atoms with Gasteiger partial charge < -0.3 is 4.90 Å². The van der Waals surface area contributed by atoms with Crippen LogP contribution in [-0.4, -0.2) is 22.0 Å². The van der Waals surface area contributed by atoms with E-state index in [2.05, 4.69) is 4.98 Å². The molecule has 5 nitrogen and oxygen atoms in total.